The van der Waals surface area contributed by atoms with Crippen LogP contribution in [0.1, 0.15) is 16.7 Å². The van der Waals surface area contributed by atoms with E-state index in [1.807, 2.05) is 18.2 Å². The van der Waals surface area contributed by atoms with E-state index in [9.17, 15) is 43.7 Å². The first-order valence-corrected chi connectivity index (χ1v) is 16.1. The van der Waals surface area contributed by atoms with Crippen LogP contribution in [0.5, 0.6) is 11.5 Å². The zero-order valence-electron chi connectivity index (χ0n) is 25.1. The summed E-state index contributed by atoms with van der Waals surface area (Å²) < 4.78 is 12.0. The number of benzene rings is 3. The van der Waals surface area contributed by atoms with Gasteiger partial charge in [0.25, 0.3) is 5.91 Å². The quantitative estimate of drug-likeness (QED) is 0.0322. The molecule has 0 aliphatic heterocycles. The van der Waals surface area contributed by atoms with Crippen molar-refractivity contribution in [2.75, 3.05) is 6.16 Å². The summed E-state index contributed by atoms with van der Waals surface area (Å²) in [5, 5.41) is 27.5. The van der Waals surface area contributed by atoms with Gasteiger partial charge in [-0.3, -0.25) is 39.8 Å². The Hall–Kier alpha value is -4.83. The number of hydrogen-bond acceptors (Lipinski definition) is 10. The molecule has 16 nitrogen and oxygen atoms in total. The van der Waals surface area contributed by atoms with Gasteiger partial charge in [-0.25, -0.2) is 5.43 Å². The molecule has 0 radical (unpaired) electrons. The molecular formula is C30H38N7O9P. The van der Waals surface area contributed by atoms with Gasteiger partial charge in [-0.1, -0.05) is 54.6 Å². The Morgan fingerprint density at radius 1 is 0.702 bits per heavy atom. The summed E-state index contributed by atoms with van der Waals surface area (Å²) >= 11 is 0. The van der Waals surface area contributed by atoms with Gasteiger partial charge in [0.05, 0.1) is 18.4 Å². The van der Waals surface area contributed by atoms with Crippen molar-refractivity contribution in [1.82, 2.24) is 26.8 Å². The molecule has 1 unspecified atom stereocenters. The standard InChI is InChI=1S/C30H38N7O9P/c31-27(40)26(28(32)41)35-29(42)24(15-19-8-12-22(39)13-9-19)36-37-30(43)23(14-18-6-10-21(38)11-7-18)34-25(17-47(44,45)46)33-16-20-4-2-1-3-5-20/h1-13,23-26,33-34,36,38-39H,14-17H2,(H2,31,40)(H2,32,41)(H,35,42)(H,37,43)(H2,44,45,46)/t23-,24-,25?/m0/s1. The van der Waals surface area contributed by atoms with E-state index in [0.29, 0.717) is 11.1 Å². The fraction of sp³-hybridized carbons (Fsp3) is 0.267. The maximum absolute atomic E-state index is 13.6. The summed E-state index contributed by atoms with van der Waals surface area (Å²) in [6, 6.07) is 16.5. The molecule has 0 aliphatic carbocycles. The van der Waals surface area contributed by atoms with E-state index < -0.39 is 61.7 Å². The minimum atomic E-state index is -4.59. The molecule has 0 spiro atoms. The number of rotatable bonds is 18. The van der Waals surface area contributed by atoms with Gasteiger partial charge in [0.1, 0.15) is 17.5 Å². The Bertz CT molecular complexity index is 1540. The van der Waals surface area contributed by atoms with Gasteiger partial charge in [0, 0.05) is 6.54 Å². The van der Waals surface area contributed by atoms with Crippen molar-refractivity contribution < 1.29 is 43.7 Å². The summed E-state index contributed by atoms with van der Waals surface area (Å²) in [7, 11) is -4.59. The Morgan fingerprint density at radius 3 is 1.70 bits per heavy atom. The van der Waals surface area contributed by atoms with Crippen molar-refractivity contribution >= 4 is 31.2 Å². The number of carbonyl (C=O) groups is 4. The normalized spacial score (nSPS) is 13.3. The van der Waals surface area contributed by atoms with Crippen LogP contribution in [-0.4, -0.2) is 74.1 Å². The summed E-state index contributed by atoms with van der Waals surface area (Å²) in [5.41, 5.74) is 17.3. The van der Waals surface area contributed by atoms with Crippen LogP contribution >= 0.6 is 7.60 Å². The number of amides is 4. The van der Waals surface area contributed by atoms with Crippen molar-refractivity contribution in [2.45, 2.75) is 43.7 Å². The molecule has 17 heteroatoms. The lowest BCUT2D eigenvalue weighted by molar-refractivity contribution is -0.135. The zero-order chi connectivity index (χ0) is 34.6. The second kappa shape index (κ2) is 17.2. The molecule has 13 N–H and O–H groups in total. The topological polar surface area (TPSA) is 278 Å². The average Bonchev–Trinajstić information content (AvgIpc) is 3.01. The second-order valence-electron chi connectivity index (χ2n) is 10.7. The van der Waals surface area contributed by atoms with Crippen LogP contribution in [0.3, 0.4) is 0 Å². The Labute approximate surface area is 270 Å². The highest BCUT2D eigenvalue weighted by Crippen LogP contribution is 2.34. The molecule has 0 bridgehead atoms. The molecule has 3 atom stereocenters. The van der Waals surface area contributed by atoms with Crippen LogP contribution in [0.15, 0.2) is 78.9 Å². The molecule has 0 aromatic heterocycles. The van der Waals surface area contributed by atoms with Gasteiger partial charge in [-0.05, 0) is 53.8 Å². The van der Waals surface area contributed by atoms with Gasteiger partial charge in [0.2, 0.25) is 17.7 Å². The van der Waals surface area contributed by atoms with E-state index >= 15 is 0 Å². The number of carbonyl (C=O) groups excluding carboxylic acids is 4. The number of hydrogen-bond donors (Lipinski definition) is 11. The first-order valence-electron chi connectivity index (χ1n) is 14.3. The van der Waals surface area contributed by atoms with E-state index in [1.165, 1.54) is 36.4 Å². The zero-order valence-corrected chi connectivity index (χ0v) is 26.0. The van der Waals surface area contributed by atoms with Crippen LogP contribution in [0.2, 0.25) is 0 Å². The van der Waals surface area contributed by atoms with Gasteiger partial charge < -0.3 is 36.8 Å². The van der Waals surface area contributed by atoms with Gasteiger partial charge in [0.15, 0.2) is 6.04 Å². The Morgan fingerprint density at radius 2 is 1.21 bits per heavy atom. The number of primary amides is 2. The molecule has 0 heterocycles. The van der Waals surface area contributed by atoms with Crippen LogP contribution in [0.4, 0.5) is 0 Å². The second-order valence-corrected chi connectivity index (χ2v) is 12.4. The summed E-state index contributed by atoms with van der Waals surface area (Å²) in [5.74, 6) is -4.12. The fourth-order valence-electron chi connectivity index (χ4n) is 4.44. The molecule has 0 saturated heterocycles. The molecule has 0 saturated carbocycles. The Balaban J connectivity index is 1.85. The molecule has 3 aromatic carbocycles. The number of nitrogens with one attached hydrogen (secondary N) is 5. The third kappa shape index (κ3) is 12.8. The van der Waals surface area contributed by atoms with Crippen molar-refractivity contribution in [3.05, 3.63) is 95.6 Å². The highest BCUT2D eigenvalue weighted by molar-refractivity contribution is 7.51. The third-order valence-electron chi connectivity index (χ3n) is 6.83. The number of nitrogens with two attached hydrogens (primary N) is 2. The van der Waals surface area contributed by atoms with E-state index in [2.05, 4.69) is 26.8 Å². The predicted octanol–water partition coefficient (Wildman–Crippen LogP) is -1.42. The molecule has 47 heavy (non-hydrogen) atoms. The highest BCUT2D eigenvalue weighted by Gasteiger charge is 2.31. The summed E-state index contributed by atoms with van der Waals surface area (Å²) in [4.78, 5) is 69.7. The SMILES string of the molecule is NC(=O)C(NC(=O)[C@H](Cc1ccc(O)cc1)NNC(=O)[C@H](Cc1ccc(O)cc1)NC(CP(=O)(O)O)NCc1ccccc1)C(N)=O. The van der Waals surface area contributed by atoms with Crippen molar-refractivity contribution in [2.24, 2.45) is 11.5 Å². The van der Waals surface area contributed by atoms with Gasteiger partial charge in [-0.15, -0.1) is 0 Å². The van der Waals surface area contributed by atoms with Crippen molar-refractivity contribution in [3.8, 4) is 11.5 Å². The van der Waals surface area contributed by atoms with E-state index in [-0.39, 0.29) is 30.9 Å². The lowest BCUT2D eigenvalue weighted by Crippen LogP contribution is -2.62. The molecule has 3 aromatic rings. The number of aromatic hydroxyl groups is 2. The van der Waals surface area contributed by atoms with Crippen LogP contribution < -0.4 is 38.3 Å². The van der Waals surface area contributed by atoms with Crippen LogP contribution in [0, 0.1) is 0 Å². The molecule has 3 rings (SSSR count). The number of phenolic OH excluding ortho intramolecular Hbond substituents is 2. The molecule has 252 valence electrons. The largest absolute Gasteiger partial charge is 0.508 e. The minimum Gasteiger partial charge on any atom is -0.508 e. The van der Waals surface area contributed by atoms with Crippen molar-refractivity contribution in [3.63, 3.8) is 0 Å². The fourth-order valence-corrected chi connectivity index (χ4v) is 5.15. The predicted molar refractivity (Wildman–Crippen MR) is 170 cm³/mol. The summed E-state index contributed by atoms with van der Waals surface area (Å²) in [6.45, 7) is 0.208. The maximum atomic E-state index is 13.6. The number of phenols is 2. The molecular weight excluding hydrogens is 633 g/mol. The smallest absolute Gasteiger partial charge is 0.328 e. The monoisotopic (exact) mass is 671 g/mol. The summed E-state index contributed by atoms with van der Waals surface area (Å²) in [6.07, 6.45) is -1.85. The molecule has 0 fully saturated rings. The van der Waals surface area contributed by atoms with Crippen molar-refractivity contribution in [1.29, 1.82) is 0 Å². The minimum absolute atomic E-state index is 0.0124. The Kier molecular flexibility index (Phi) is 13.4. The van der Waals surface area contributed by atoms with E-state index in [4.69, 9.17) is 11.5 Å². The maximum Gasteiger partial charge on any atom is 0.328 e. The van der Waals surface area contributed by atoms with Crippen LogP contribution in [0.25, 0.3) is 0 Å². The van der Waals surface area contributed by atoms with E-state index in [0.717, 1.165) is 5.56 Å². The lowest BCUT2D eigenvalue weighted by Gasteiger charge is -2.28. The van der Waals surface area contributed by atoms with E-state index in [1.54, 1.807) is 24.3 Å². The third-order valence-corrected chi connectivity index (χ3v) is 7.67. The lowest BCUT2D eigenvalue weighted by atomic mass is 10.0. The number of hydrazine groups is 1. The molecule has 4 amide bonds. The first-order chi connectivity index (χ1) is 22.2. The average molecular weight is 672 g/mol. The molecule has 0 aliphatic rings. The first kappa shape index (κ1) is 36.6. The van der Waals surface area contributed by atoms with Gasteiger partial charge in [-0.2, -0.15) is 0 Å². The highest BCUT2D eigenvalue weighted by atomic mass is 31.2. The van der Waals surface area contributed by atoms with Gasteiger partial charge >= 0.3 is 7.60 Å². The van der Waals surface area contributed by atoms with Crippen LogP contribution in [-0.2, 0) is 43.1 Å².